The van der Waals surface area contributed by atoms with Crippen LogP contribution in [0.3, 0.4) is 0 Å². The van der Waals surface area contributed by atoms with Crippen LogP contribution in [0.4, 0.5) is 8.78 Å². The van der Waals surface area contributed by atoms with E-state index >= 15 is 0 Å². The molecule has 22 heavy (non-hydrogen) atoms. The number of alkyl halides is 2. The highest BCUT2D eigenvalue weighted by Gasteiger charge is 2.15. The SMILES string of the molecule is Cc1nc2ncc(Br)nn2c1Cc1ccccc1OC(F)F. The van der Waals surface area contributed by atoms with Gasteiger partial charge in [0.05, 0.1) is 17.6 Å². The minimum absolute atomic E-state index is 0.148. The number of ether oxygens (including phenoxy) is 1. The Morgan fingerprint density at radius 2 is 2.09 bits per heavy atom. The molecule has 0 amide bonds. The topological polar surface area (TPSA) is 52.3 Å². The lowest BCUT2D eigenvalue weighted by molar-refractivity contribution is -0.0503. The standard InChI is InChI=1S/C14H11BrF2N4O/c1-8-10(21-14(19-8)18-7-12(15)20-21)6-9-4-2-3-5-11(9)22-13(16)17/h2-5,7,13H,6H2,1H3. The molecule has 114 valence electrons. The Balaban J connectivity index is 2.03. The van der Waals surface area contributed by atoms with Gasteiger partial charge in [0.15, 0.2) is 0 Å². The molecule has 0 aliphatic rings. The molecule has 0 N–H and O–H groups in total. The van der Waals surface area contributed by atoms with E-state index in [1.54, 1.807) is 28.9 Å². The van der Waals surface area contributed by atoms with Gasteiger partial charge in [0.25, 0.3) is 5.78 Å². The molecule has 0 bridgehead atoms. The smallest absolute Gasteiger partial charge is 0.387 e. The Kier molecular flexibility index (Phi) is 4.02. The van der Waals surface area contributed by atoms with Gasteiger partial charge in [-0.1, -0.05) is 18.2 Å². The first-order valence-electron chi connectivity index (χ1n) is 6.44. The summed E-state index contributed by atoms with van der Waals surface area (Å²) in [6.45, 7) is -1.03. The number of benzene rings is 1. The number of rotatable bonds is 4. The molecule has 0 unspecified atom stereocenters. The summed E-state index contributed by atoms with van der Waals surface area (Å²) in [6, 6.07) is 6.68. The first-order chi connectivity index (χ1) is 10.5. The van der Waals surface area contributed by atoms with Crippen LogP contribution in [0, 0.1) is 6.92 Å². The zero-order valence-corrected chi connectivity index (χ0v) is 13.1. The number of nitrogens with zero attached hydrogens (tertiary/aromatic N) is 4. The van der Waals surface area contributed by atoms with Gasteiger partial charge < -0.3 is 4.74 Å². The number of hydrogen-bond donors (Lipinski definition) is 0. The highest BCUT2D eigenvalue weighted by Crippen LogP contribution is 2.24. The monoisotopic (exact) mass is 368 g/mol. The second kappa shape index (κ2) is 5.96. The maximum Gasteiger partial charge on any atom is 0.387 e. The van der Waals surface area contributed by atoms with E-state index in [-0.39, 0.29) is 5.75 Å². The molecular weight excluding hydrogens is 358 g/mol. The summed E-state index contributed by atoms with van der Waals surface area (Å²) in [5.41, 5.74) is 2.15. The molecule has 1 aromatic carbocycles. The predicted octanol–water partition coefficient (Wildman–Crippen LogP) is 3.39. The molecule has 0 radical (unpaired) electrons. The molecule has 2 aromatic heterocycles. The second-order valence-electron chi connectivity index (χ2n) is 4.60. The third-order valence-electron chi connectivity index (χ3n) is 3.16. The zero-order chi connectivity index (χ0) is 15.7. The number of imidazole rings is 1. The van der Waals surface area contributed by atoms with Crippen LogP contribution in [-0.4, -0.2) is 26.2 Å². The van der Waals surface area contributed by atoms with Gasteiger partial charge in [-0.15, -0.1) is 0 Å². The van der Waals surface area contributed by atoms with Crippen LogP contribution in [0.5, 0.6) is 5.75 Å². The van der Waals surface area contributed by atoms with Gasteiger partial charge >= 0.3 is 6.61 Å². The van der Waals surface area contributed by atoms with Gasteiger partial charge in [-0.25, -0.2) is 9.97 Å². The quantitative estimate of drug-likeness (QED) is 0.708. The molecule has 0 atom stereocenters. The number of halogens is 3. The van der Waals surface area contributed by atoms with Crippen molar-refractivity contribution in [1.29, 1.82) is 0 Å². The van der Waals surface area contributed by atoms with Crippen LogP contribution >= 0.6 is 15.9 Å². The first kappa shape index (κ1) is 14.8. The van der Waals surface area contributed by atoms with E-state index in [1.807, 2.05) is 6.92 Å². The van der Waals surface area contributed by atoms with Crippen molar-refractivity contribution in [2.24, 2.45) is 0 Å². The highest BCUT2D eigenvalue weighted by molar-refractivity contribution is 9.10. The van der Waals surface area contributed by atoms with E-state index < -0.39 is 6.61 Å². The molecule has 0 fully saturated rings. The maximum absolute atomic E-state index is 12.5. The molecule has 0 aliphatic heterocycles. The van der Waals surface area contributed by atoms with Crippen molar-refractivity contribution in [1.82, 2.24) is 19.6 Å². The van der Waals surface area contributed by atoms with E-state index in [1.165, 1.54) is 6.07 Å². The molecule has 3 rings (SSSR count). The fourth-order valence-corrected chi connectivity index (χ4v) is 2.46. The van der Waals surface area contributed by atoms with Gasteiger partial charge in [-0.3, -0.25) is 0 Å². The normalized spacial score (nSPS) is 11.3. The summed E-state index contributed by atoms with van der Waals surface area (Å²) in [7, 11) is 0. The van der Waals surface area contributed by atoms with Crippen LogP contribution in [0.2, 0.25) is 0 Å². The Labute approximate surface area is 133 Å². The van der Waals surface area contributed by atoms with Crippen LogP contribution in [0.15, 0.2) is 35.1 Å². The molecule has 0 spiro atoms. The maximum atomic E-state index is 12.5. The van der Waals surface area contributed by atoms with Crippen molar-refractivity contribution >= 4 is 21.7 Å². The van der Waals surface area contributed by atoms with Crippen molar-refractivity contribution in [2.75, 3.05) is 0 Å². The lowest BCUT2D eigenvalue weighted by Gasteiger charge is -2.10. The van der Waals surface area contributed by atoms with Gasteiger partial charge in [-0.05, 0) is 28.9 Å². The summed E-state index contributed by atoms with van der Waals surface area (Å²) in [5, 5.41) is 4.30. The summed E-state index contributed by atoms with van der Waals surface area (Å²) in [5.74, 6) is 0.609. The summed E-state index contributed by atoms with van der Waals surface area (Å²) in [6.07, 6.45) is 1.92. The minimum atomic E-state index is -2.86. The van der Waals surface area contributed by atoms with E-state index in [4.69, 9.17) is 0 Å². The number of fused-ring (bicyclic) bond motifs is 1. The predicted molar refractivity (Wildman–Crippen MR) is 79.1 cm³/mol. The minimum Gasteiger partial charge on any atom is -0.435 e. The van der Waals surface area contributed by atoms with Crippen molar-refractivity contribution < 1.29 is 13.5 Å². The lowest BCUT2D eigenvalue weighted by Crippen LogP contribution is -2.06. The van der Waals surface area contributed by atoms with Crippen LogP contribution in [-0.2, 0) is 6.42 Å². The molecule has 0 saturated carbocycles. The molecule has 8 heteroatoms. The average Bonchev–Trinajstić information content (AvgIpc) is 2.76. The van der Waals surface area contributed by atoms with E-state index in [2.05, 4.69) is 35.7 Å². The molecule has 5 nitrogen and oxygen atoms in total. The average molecular weight is 369 g/mol. The fraction of sp³-hybridized carbons (Fsp3) is 0.214. The molecule has 2 heterocycles. The first-order valence-corrected chi connectivity index (χ1v) is 7.23. The Bertz CT molecular complexity index is 822. The molecule has 0 saturated heterocycles. The number of aromatic nitrogens is 4. The molecular formula is C14H11BrF2N4O. The van der Waals surface area contributed by atoms with Gasteiger partial charge in [0.1, 0.15) is 10.4 Å². The van der Waals surface area contributed by atoms with Crippen LogP contribution in [0.1, 0.15) is 17.0 Å². The highest BCUT2D eigenvalue weighted by atomic mass is 79.9. The van der Waals surface area contributed by atoms with Crippen molar-refractivity contribution in [3.05, 3.63) is 52.0 Å². The van der Waals surface area contributed by atoms with Gasteiger partial charge in [0.2, 0.25) is 0 Å². The number of hydrogen-bond acceptors (Lipinski definition) is 4. The van der Waals surface area contributed by atoms with Crippen molar-refractivity contribution in [2.45, 2.75) is 20.0 Å². The summed E-state index contributed by atoms with van der Waals surface area (Å²) < 4.78 is 31.7. The van der Waals surface area contributed by atoms with Crippen LogP contribution < -0.4 is 4.74 Å². The number of para-hydroxylation sites is 1. The Morgan fingerprint density at radius 3 is 2.86 bits per heavy atom. The van der Waals surface area contributed by atoms with Crippen molar-refractivity contribution in [3.8, 4) is 5.75 Å². The molecule has 0 aliphatic carbocycles. The van der Waals surface area contributed by atoms with Crippen LogP contribution in [0.25, 0.3) is 5.78 Å². The van der Waals surface area contributed by atoms with Gasteiger partial charge in [-0.2, -0.15) is 18.4 Å². The fourth-order valence-electron chi connectivity index (χ4n) is 2.20. The molecule has 3 aromatic rings. The van der Waals surface area contributed by atoms with Crippen molar-refractivity contribution in [3.63, 3.8) is 0 Å². The second-order valence-corrected chi connectivity index (χ2v) is 5.41. The third-order valence-corrected chi connectivity index (χ3v) is 3.52. The van der Waals surface area contributed by atoms with E-state index in [0.717, 1.165) is 11.4 Å². The van der Waals surface area contributed by atoms with E-state index in [0.29, 0.717) is 22.4 Å². The Morgan fingerprint density at radius 1 is 1.32 bits per heavy atom. The number of aryl methyl sites for hydroxylation is 1. The Hall–Kier alpha value is -2.09. The van der Waals surface area contributed by atoms with E-state index in [9.17, 15) is 8.78 Å². The summed E-state index contributed by atoms with van der Waals surface area (Å²) in [4.78, 5) is 8.49. The lowest BCUT2D eigenvalue weighted by atomic mass is 10.1. The third kappa shape index (κ3) is 2.92. The summed E-state index contributed by atoms with van der Waals surface area (Å²) >= 11 is 3.26. The largest absolute Gasteiger partial charge is 0.435 e. The zero-order valence-electron chi connectivity index (χ0n) is 11.5. The van der Waals surface area contributed by atoms with Gasteiger partial charge in [0, 0.05) is 12.0 Å².